The zero-order valence-corrected chi connectivity index (χ0v) is 15.8. The molecule has 0 aromatic heterocycles. The first kappa shape index (κ1) is 18.7. The number of fused-ring (bicyclic) bond motifs is 1. The quantitative estimate of drug-likeness (QED) is 0.504. The molecule has 0 saturated carbocycles. The fourth-order valence-electron chi connectivity index (χ4n) is 3.52. The highest BCUT2D eigenvalue weighted by Gasteiger charge is 2.37. The van der Waals surface area contributed by atoms with E-state index in [4.69, 9.17) is 4.74 Å². The van der Waals surface area contributed by atoms with Crippen molar-refractivity contribution in [1.82, 2.24) is 0 Å². The third-order valence-corrected chi connectivity index (χ3v) is 5.01. The average Bonchev–Trinajstić information content (AvgIpc) is 3.15. The van der Waals surface area contributed by atoms with Crippen molar-refractivity contribution in [3.05, 3.63) is 72.3 Å². The third-order valence-electron chi connectivity index (χ3n) is 5.01. The molecule has 1 fully saturated rings. The maximum absolute atomic E-state index is 12.6. The van der Waals surface area contributed by atoms with Crippen LogP contribution in [0.1, 0.15) is 16.8 Å². The highest BCUT2D eigenvalue weighted by atomic mass is 16.5. The maximum atomic E-state index is 12.6. The Hall–Kier alpha value is -3.67. The minimum Gasteiger partial charge on any atom is -0.465 e. The Bertz CT molecular complexity index is 1080. The number of carbonyl (C=O) groups is 3. The van der Waals surface area contributed by atoms with Crippen molar-refractivity contribution < 1.29 is 23.9 Å². The number of benzene rings is 3. The molecule has 1 atom stereocenters. The Morgan fingerprint density at radius 1 is 0.966 bits per heavy atom. The minimum atomic E-state index is -0.554. The van der Waals surface area contributed by atoms with E-state index in [1.54, 1.807) is 4.90 Å². The van der Waals surface area contributed by atoms with E-state index in [9.17, 15) is 14.4 Å². The zero-order valence-electron chi connectivity index (χ0n) is 15.8. The SMILES string of the molecule is COC(=O)c1ccc(OC(=O)[C@@H]2CC(=O)N(c3cccc4ccccc34)C2)cc1. The summed E-state index contributed by atoms with van der Waals surface area (Å²) in [4.78, 5) is 38.3. The molecule has 3 aromatic rings. The molecule has 0 spiro atoms. The Balaban J connectivity index is 1.49. The van der Waals surface area contributed by atoms with E-state index in [0.717, 1.165) is 16.5 Å². The van der Waals surface area contributed by atoms with Crippen LogP contribution in [0.3, 0.4) is 0 Å². The van der Waals surface area contributed by atoms with Gasteiger partial charge in [0.25, 0.3) is 0 Å². The minimum absolute atomic E-state index is 0.0995. The molecule has 1 aliphatic heterocycles. The summed E-state index contributed by atoms with van der Waals surface area (Å²) in [6.45, 7) is 0.270. The zero-order chi connectivity index (χ0) is 20.4. The smallest absolute Gasteiger partial charge is 0.337 e. The van der Waals surface area contributed by atoms with E-state index >= 15 is 0 Å². The lowest BCUT2D eigenvalue weighted by atomic mass is 10.1. The molecule has 6 heteroatoms. The van der Waals surface area contributed by atoms with E-state index in [-0.39, 0.29) is 18.9 Å². The molecule has 0 aliphatic carbocycles. The summed E-state index contributed by atoms with van der Waals surface area (Å²) >= 11 is 0. The van der Waals surface area contributed by atoms with Crippen molar-refractivity contribution in [2.24, 2.45) is 5.92 Å². The van der Waals surface area contributed by atoms with Crippen LogP contribution >= 0.6 is 0 Å². The fourth-order valence-corrected chi connectivity index (χ4v) is 3.52. The second-order valence-electron chi connectivity index (χ2n) is 6.84. The summed E-state index contributed by atoms with van der Waals surface area (Å²) in [6.07, 6.45) is 0.0995. The van der Waals surface area contributed by atoms with Gasteiger partial charge in [-0.3, -0.25) is 9.59 Å². The van der Waals surface area contributed by atoms with Crippen molar-refractivity contribution in [3.63, 3.8) is 0 Å². The van der Waals surface area contributed by atoms with E-state index < -0.39 is 17.9 Å². The van der Waals surface area contributed by atoms with E-state index in [0.29, 0.717) is 11.3 Å². The number of rotatable bonds is 4. The van der Waals surface area contributed by atoms with Gasteiger partial charge in [0.15, 0.2) is 0 Å². The Labute approximate surface area is 167 Å². The van der Waals surface area contributed by atoms with Crippen LogP contribution in [-0.4, -0.2) is 31.5 Å². The number of methoxy groups -OCH3 is 1. The van der Waals surface area contributed by atoms with Crippen LogP contribution in [0.4, 0.5) is 5.69 Å². The van der Waals surface area contributed by atoms with E-state index in [2.05, 4.69) is 4.74 Å². The van der Waals surface area contributed by atoms with Crippen molar-refractivity contribution in [3.8, 4) is 5.75 Å². The first-order chi connectivity index (χ1) is 14.1. The van der Waals surface area contributed by atoms with E-state index in [1.165, 1.54) is 31.4 Å². The topological polar surface area (TPSA) is 72.9 Å². The molecule has 1 saturated heterocycles. The van der Waals surface area contributed by atoms with Crippen LogP contribution in [0.2, 0.25) is 0 Å². The van der Waals surface area contributed by atoms with E-state index in [1.807, 2.05) is 42.5 Å². The van der Waals surface area contributed by atoms with Crippen molar-refractivity contribution >= 4 is 34.3 Å². The van der Waals surface area contributed by atoms with Gasteiger partial charge in [-0.15, -0.1) is 0 Å². The highest BCUT2D eigenvalue weighted by Crippen LogP contribution is 2.32. The van der Waals surface area contributed by atoms with Gasteiger partial charge >= 0.3 is 11.9 Å². The van der Waals surface area contributed by atoms with Gasteiger partial charge in [-0.1, -0.05) is 36.4 Å². The summed E-state index contributed by atoms with van der Waals surface area (Å²) in [5, 5.41) is 2.00. The summed E-state index contributed by atoms with van der Waals surface area (Å²) in [6, 6.07) is 19.7. The molecule has 1 amide bonds. The number of ether oxygens (including phenoxy) is 2. The first-order valence-corrected chi connectivity index (χ1v) is 9.25. The number of hydrogen-bond acceptors (Lipinski definition) is 5. The number of amides is 1. The van der Waals surface area contributed by atoms with Crippen molar-refractivity contribution in [1.29, 1.82) is 0 Å². The predicted molar refractivity (Wildman–Crippen MR) is 108 cm³/mol. The molecule has 3 aromatic carbocycles. The van der Waals surface area contributed by atoms with Crippen LogP contribution < -0.4 is 9.64 Å². The van der Waals surface area contributed by atoms with Gasteiger partial charge in [-0.25, -0.2) is 4.79 Å². The molecule has 1 aliphatic rings. The number of anilines is 1. The van der Waals surface area contributed by atoms with Gasteiger partial charge in [0, 0.05) is 18.4 Å². The molecule has 146 valence electrons. The summed E-state index contributed by atoms with van der Waals surface area (Å²) in [7, 11) is 1.30. The Kier molecular flexibility index (Phi) is 4.99. The third kappa shape index (κ3) is 3.69. The molecule has 0 unspecified atom stereocenters. The summed E-state index contributed by atoms with van der Waals surface area (Å²) < 4.78 is 10.1. The highest BCUT2D eigenvalue weighted by molar-refractivity contribution is 6.06. The maximum Gasteiger partial charge on any atom is 0.337 e. The molecule has 0 radical (unpaired) electrons. The fraction of sp³-hybridized carbons (Fsp3) is 0.174. The van der Waals surface area contributed by atoms with Gasteiger partial charge in [-0.2, -0.15) is 0 Å². The molecule has 6 nitrogen and oxygen atoms in total. The van der Waals surface area contributed by atoms with Crippen LogP contribution in [-0.2, 0) is 14.3 Å². The van der Waals surface area contributed by atoms with Crippen LogP contribution in [0.5, 0.6) is 5.75 Å². The van der Waals surface area contributed by atoms with Gasteiger partial charge in [0.05, 0.1) is 24.3 Å². The number of carbonyl (C=O) groups excluding carboxylic acids is 3. The molecule has 0 N–H and O–H groups in total. The first-order valence-electron chi connectivity index (χ1n) is 9.25. The standard InChI is InChI=1S/C23H19NO5/c1-28-22(26)16-9-11-18(12-10-16)29-23(27)17-13-21(25)24(14-17)20-8-4-6-15-5-2-3-7-19(15)20/h2-12,17H,13-14H2,1H3/t17-/m1/s1. The molecule has 0 bridgehead atoms. The van der Waals surface area contributed by atoms with Crippen molar-refractivity contribution in [2.75, 3.05) is 18.6 Å². The largest absolute Gasteiger partial charge is 0.465 e. The van der Waals surface area contributed by atoms with Crippen LogP contribution in [0.25, 0.3) is 10.8 Å². The summed E-state index contributed by atoms with van der Waals surface area (Å²) in [5.41, 5.74) is 1.16. The summed E-state index contributed by atoms with van der Waals surface area (Å²) in [5.74, 6) is -1.27. The lowest BCUT2D eigenvalue weighted by Gasteiger charge is -2.18. The van der Waals surface area contributed by atoms with Gasteiger partial charge < -0.3 is 14.4 Å². The molecular weight excluding hydrogens is 370 g/mol. The van der Waals surface area contributed by atoms with Crippen molar-refractivity contribution in [2.45, 2.75) is 6.42 Å². The second-order valence-corrected chi connectivity index (χ2v) is 6.84. The van der Waals surface area contributed by atoms with Crippen LogP contribution in [0, 0.1) is 5.92 Å². The second kappa shape index (κ2) is 7.75. The number of hydrogen-bond donors (Lipinski definition) is 0. The monoisotopic (exact) mass is 389 g/mol. The Morgan fingerprint density at radius 3 is 2.45 bits per heavy atom. The average molecular weight is 389 g/mol. The molecule has 29 heavy (non-hydrogen) atoms. The Morgan fingerprint density at radius 2 is 1.69 bits per heavy atom. The number of esters is 2. The predicted octanol–water partition coefficient (Wildman–Crippen LogP) is 3.58. The molecular formula is C23H19NO5. The van der Waals surface area contributed by atoms with Gasteiger partial charge in [0.2, 0.25) is 5.91 Å². The van der Waals surface area contributed by atoms with Crippen LogP contribution in [0.15, 0.2) is 66.7 Å². The van der Waals surface area contributed by atoms with Gasteiger partial charge in [0.1, 0.15) is 5.75 Å². The normalized spacial score (nSPS) is 16.1. The van der Waals surface area contributed by atoms with Gasteiger partial charge in [-0.05, 0) is 35.7 Å². The molecule has 1 heterocycles. The molecule has 4 rings (SSSR count). The lowest BCUT2D eigenvalue weighted by Crippen LogP contribution is -2.27. The number of nitrogens with zero attached hydrogens (tertiary/aromatic N) is 1. The lowest BCUT2D eigenvalue weighted by molar-refractivity contribution is -0.139.